The third-order valence-corrected chi connectivity index (χ3v) is 5.75. The summed E-state index contributed by atoms with van der Waals surface area (Å²) in [5.74, 6) is 3.35. The molecule has 1 heterocycles. The summed E-state index contributed by atoms with van der Waals surface area (Å²) in [7, 11) is 3.39. The highest BCUT2D eigenvalue weighted by molar-refractivity contribution is 5.79. The number of aliphatic imine (C=N–C) groups is 1. The van der Waals surface area contributed by atoms with Crippen molar-refractivity contribution >= 4 is 5.96 Å². The molecule has 0 bridgehead atoms. The molecule has 2 aromatic carbocycles. The molecule has 2 N–H and O–H groups in total. The molecule has 6 heteroatoms. The van der Waals surface area contributed by atoms with E-state index in [1.54, 1.807) is 14.2 Å². The number of likely N-dealkylation sites (tertiary alicyclic amines) is 1. The zero-order valence-corrected chi connectivity index (χ0v) is 19.1. The minimum absolute atomic E-state index is 0.652. The van der Waals surface area contributed by atoms with E-state index in [9.17, 15) is 0 Å². The van der Waals surface area contributed by atoms with Crippen LogP contribution in [0.15, 0.2) is 53.5 Å². The van der Waals surface area contributed by atoms with Gasteiger partial charge in [-0.15, -0.1) is 0 Å². The van der Waals surface area contributed by atoms with E-state index in [4.69, 9.17) is 14.5 Å². The lowest BCUT2D eigenvalue weighted by Crippen LogP contribution is -2.42. The molecule has 31 heavy (non-hydrogen) atoms. The number of nitrogens with zero attached hydrogens (tertiary/aromatic N) is 2. The molecule has 0 saturated carbocycles. The number of rotatable bonds is 9. The second-order valence-electron chi connectivity index (χ2n) is 7.99. The minimum atomic E-state index is 0.652. The number of nitrogens with one attached hydrogen (secondary N) is 2. The number of guanidine groups is 1. The smallest absolute Gasteiger partial charge is 0.191 e. The fourth-order valence-corrected chi connectivity index (χ4v) is 3.82. The minimum Gasteiger partial charge on any atom is -0.497 e. The molecule has 1 fully saturated rings. The summed E-state index contributed by atoms with van der Waals surface area (Å²) in [5, 5.41) is 6.90. The lowest BCUT2D eigenvalue weighted by atomic mass is 9.96. The number of piperidine rings is 1. The van der Waals surface area contributed by atoms with Gasteiger partial charge in [0.25, 0.3) is 0 Å². The van der Waals surface area contributed by atoms with Crippen molar-refractivity contribution in [2.75, 3.05) is 40.4 Å². The van der Waals surface area contributed by atoms with Crippen molar-refractivity contribution < 1.29 is 9.47 Å². The fourth-order valence-electron chi connectivity index (χ4n) is 3.82. The Labute approximate surface area is 186 Å². The van der Waals surface area contributed by atoms with Crippen LogP contribution in [-0.4, -0.2) is 51.3 Å². The third-order valence-electron chi connectivity index (χ3n) is 5.75. The number of hydrogen-bond acceptors (Lipinski definition) is 4. The van der Waals surface area contributed by atoms with Crippen molar-refractivity contribution in [1.82, 2.24) is 15.5 Å². The summed E-state index contributed by atoms with van der Waals surface area (Å²) in [6, 6.07) is 16.5. The van der Waals surface area contributed by atoms with Gasteiger partial charge in [-0.05, 0) is 74.2 Å². The largest absolute Gasteiger partial charge is 0.497 e. The average Bonchev–Trinajstić information content (AvgIpc) is 2.82. The SMILES string of the molecule is CCNC(=NCc1ccc(OC)cc1)NCC1CCN(Cc2ccc(OC)cc2)CC1. The van der Waals surface area contributed by atoms with Gasteiger partial charge in [0.15, 0.2) is 5.96 Å². The maximum Gasteiger partial charge on any atom is 0.191 e. The molecule has 6 nitrogen and oxygen atoms in total. The van der Waals surface area contributed by atoms with Gasteiger partial charge < -0.3 is 20.1 Å². The van der Waals surface area contributed by atoms with E-state index < -0.39 is 0 Å². The Morgan fingerprint density at radius 2 is 1.48 bits per heavy atom. The van der Waals surface area contributed by atoms with Gasteiger partial charge >= 0.3 is 0 Å². The van der Waals surface area contributed by atoms with E-state index >= 15 is 0 Å². The van der Waals surface area contributed by atoms with Crippen LogP contribution in [0.2, 0.25) is 0 Å². The maximum absolute atomic E-state index is 5.25. The van der Waals surface area contributed by atoms with E-state index in [0.29, 0.717) is 12.5 Å². The normalized spacial score (nSPS) is 15.5. The maximum atomic E-state index is 5.25. The molecule has 1 aliphatic rings. The van der Waals surface area contributed by atoms with Gasteiger partial charge in [-0.1, -0.05) is 24.3 Å². The Bertz CT molecular complexity index is 797. The van der Waals surface area contributed by atoms with Crippen molar-refractivity contribution in [3.05, 3.63) is 59.7 Å². The second kappa shape index (κ2) is 12.2. The molecule has 1 saturated heterocycles. The van der Waals surface area contributed by atoms with E-state index in [1.807, 2.05) is 24.3 Å². The monoisotopic (exact) mass is 424 g/mol. The first-order chi connectivity index (χ1) is 15.2. The van der Waals surface area contributed by atoms with Gasteiger partial charge in [0, 0.05) is 19.6 Å². The summed E-state index contributed by atoms with van der Waals surface area (Å²) in [4.78, 5) is 7.28. The number of methoxy groups -OCH3 is 2. The lowest BCUT2D eigenvalue weighted by Gasteiger charge is -2.32. The summed E-state index contributed by atoms with van der Waals surface area (Å²) in [6.45, 7) is 7.85. The van der Waals surface area contributed by atoms with Crippen molar-refractivity contribution in [2.24, 2.45) is 10.9 Å². The molecule has 0 unspecified atom stereocenters. The molecular weight excluding hydrogens is 388 g/mol. The standard InChI is InChI=1S/C25H36N4O2/c1-4-26-25(27-17-20-5-9-23(30-2)10-6-20)28-18-21-13-15-29(16-14-21)19-22-7-11-24(31-3)12-8-22/h5-12,21H,4,13-19H2,1-3H3,(H2,26,27,28). The Kier molecular flexibility index (Phi) is 9.03. The van der Waals surface area contributed by atoms with Gasteiger partial charge in [0.05, 0.1) is 20.8 Å². The predicted molar refractivity (Wildman–Crippen MR) is 127 cm³/mol. The molecular formula is C25H36N4O2. The molecule has 3 rings (SSSR count). The van der Waals surface area contributed by atoms with Crippen molar-refractivity contribution in [2.45, 2.75) is 32.9 Å². The van der Waals surface area contributed by atoms with Crippen LogP contribution in [0.3, 0.4) is 0 Å². The number of benzene rings is 2. The van der Waals surface area contributed by atoms with Crippen LogP contribution < -0.4 is 20.1 Å². The van der Waals surface area contributed by atoms with E-state index in [1.165, 1.54) is 24.0 Å². The van der Waals surface area contributed by atoms with Crippen molar-refractivity contribution in [3.8, 4) is 11.5 Å². The van der Waals surface area contributed by atoms with Gasteiger partial charge in [-0.25, -0.2) is 4.99 Å². The van der Waals surface area contributed by atoms with Crippen LogP contribution in [0.5, 0.6) is 11.5 Å². The first kappa shape index (κ1) is 22.9. The highest BCUT2D eigenvalue weighted by atomic mass is 16.5. The summed E-state index contributed by atoms with van der Waals surface area (Å²) in [6.07, 6.45) is 2.42. The molecule has 0 aliphatic carbocycles. The number of hydrogen-bond donors (Lipinski definition) is 2. The Hall–Kier alpha value is -2.73. The zero-order valence-electron chi connectivity index (χ0n) is 19.1. The highest BCUT2D eigenvalue weighted by Crippen LogP contribution is 2.20. The molecule has 0 atom stereocenters. The van der Waals surface area contributed by atoms with Crippen molar-refractivity contribution in [3.63, 3.8) is 0 Å². The van der Waals surface area contributed by atoms with Crippen LogP contribution in [0.4, 0.5) is 0 Å². The Morgan fingerprint density at radius 3 is 2.03 bits per heavy atom. The topological polar surface area (TPSA) is 58.1 Å². The quantitative estimate of drug-likeness (QED) is 0.475. The molecule has 1 aliphatic heterocycles. The Balaban J connectivity index is 1.42. The summed E-state index contributed by atoms with van der Waals surface area (Å²) in [5.41, 5.74) is 2.52. The second-order valence-corrected chi connectivity index (χ2v) is 7.99. The highest BCUT2D eigenvalue weighted by Gasteiger charge is 2.19. The van der Waals surface area contributed by atoms with Crippen LogP contribution >= 0.6 is 0 Å². The molecule has 0 spiro atoms. The fraction of sp³-hybridized carbons (Fsp3) is 0.480. The molecule has 0 radical (unpaired) electrons. The van der Waals surface area contributed by atoms with E-state index in [2.05, 4.69) is 46.7 Å². The van der Waals surface area contributed by atoms with Gasteiger partial charge in [0.2, 0.25) is 0 Å². The summed E-state index contributed by atoms with van der Waals surface area (Å²) >= 11 is 0. The van der Waals surface area contributed by atoms with E-state index in [-0.39, 0.29) is 0 Å². The first-order valence-electron chi connectivity index (χ1n) is 11.2. The zero-order chi connectivity index (χ0) is 21.9. The molecule has 0 aromatic heterocycles. The number of ether oxygens (including phenoxy) is 2. The van der Waals surface area contributed by atoms with Gasteiger partial charge in [0.1, 0.15) is 11.5 Å². The van der Waals surface area contributed by atoms with Crippen LogP contribution in [0, 0.1) is 5.92 Å². The van der Waals surface area contributed by atoms with Crippen molar-refractivity contribution in [1.29, 1.82) is 0 Å². The van der Waals surface area contributed by atoms with Crippen LogP contribution in [0.1, 0.15) is 30.9 Å². The average molecular weight is 425 g/mol. The molecule has 0 amide bonds. The third kappa shape index (κ3) is 7.47. The van der Waals surface area contributed by atoms with E-state index in [0.717, 1.165) is 50.2 Å². The van der Waals surface area contributed by atoms with Gasteiger partial charge in [-0.2, -0.15) is 0 Å². The predicted octanol–water partition coefficient (Wildman–Crippen LogP) is 3.67. The Morgan fingerprint density at radius 1 is 0.903 bits per heavy atom. The molecule has 168 valence electrons. The molecule has 2 aromatic rings. The van der Waals surface area contributed by atoms with Crippen LogP contribution in [-0.2, 0) is 13.1 Å². The lowest BCUT2D eigenvalue weighted by molar-refractivity contribution is 0.178. The van der Waals surface area contributed by atoms with Gasteiger partial charge in [-0.3, -0.25) is 4.90 Å². The van der Waals surface area contributed by atoms with Crippen LogP contribution in [0.25, 0.3) is 0 Å². The summed E-state index contributed by atoms with van der Waals surface area (Å²) < 4.78 is 10.5. The first-order valence-corrected chi connectivity index (χ1v) is 11.2.